The van der Waals surface area contributed by atoms with Crippen molar-refractivity contribution in [3.63, 3.8) is 0 Å². The van der Waals surface area contributed by atoms with E-state index < -0.39 is 11.8 Å². The van der Waals surface area contributed by atoms with E-state index in [-0.39, 0.29) is 5.02 Å². The van der Waals surface area contributed by atoms with E-state index in [1.54, 1.807) is 19.2 Å². The molecule has 7 nitrogen and oxygen atoms in total. The Morgan fingerprint density at radius 1 is 1.00 bits per heavy atom. The van der Waals surface area contributed by atoms with Crippen molar-refractivity contribution in [3.05, 3.63) is 77.3 Å². The summed E-state index contributed by atoms with van der Waals surface area (Å²) in [5, 5.41) is 8.39. The fourth-order valence-electron chi connectivity index (χ4n) is 2.75. The maximum absolute atomic E-state index is 13.2. The molecule has 2 amide bonds. The summed E-state index contributed by atoms with van der Waals surface area (Å²) in [6.45, 7) is 1.75. The standard InChI is InChI=1S/C21H16ClFN6O/c1-12-17(28-21(30)27-14-7-8-16(23)15(22)9-14)10-18-20(25-12)29-19(11-24-18)26-13-5-3-2-4-6-13/h2-11H,1H3,(H,25,26,29)(H2,27,28,30). The third kappa shape index (κ3) is 4.44. The summed E-state index contributed by atoms with van der Waals surface area (Å²) in [6, 6.07) is 14.7. The highest BCUT2D eigenvalue weighted by molar-refractivity contribution is 6.31. The topological polar surface area (TPSA) is 91.8 Å². The van der Waals surface area contributed by atoms with Crippen molar-refractivity contribution in [2.75, 3.05) is 16.0 Å². The van der Waals surface area contributed by atoms with Crippen molar-refractivity contribution in [1.82, 2.24) is 15.0 Å². The number of nitrogens with zero attached hydrogens (tertiary/aromatic N) is 3. The fraction of sp³-hybridized carbons (Fsp3) is 0.0476. The minimum Gasteiger partial charge on any atom is -0.339 e. The van der Waals surface area contributed by atoms with Crippen LogP contribution in [0.2, 0.25) is 5.02 Å². The number of anilines is 4. The predicted octanol–water partition coefficient (Wildman–Crippen LogP) is 5.51. The van der Waals surface area contributed by atoms with Crippen molar-refractivity contribution in [2.24, 2.45) is 0 Å². The van der Waals surface area contributed by atoms with Crippen LogP contribution < -0.4 is 16.0 Å². The summed E-state index contributed by atoms with van der Waals surface area (Å²) in [6.07, 6.45) is 1.59. The summed E-state index contributed by atoms with van der Waals surface area (Å²) in [5.41, 5.74) is 3.27. The number of para-hydroxylation sites is 1. The van der Waals surface area contributed by atoms with Gasteiger partial charge in [0.05, 0.1) is 22.6 Å². The zero-order valence-electron chi connectivity index (χ0n) is 15.8. The van der Waals surface area contributed by atoms with Crippen LogP contribution in [0.15, 0.2) is 60.8 Å². The number of carbonyl (C=O) groups excluding carboxylic acids is 1. The number of aryl methyl sites for hydroxylation is 1. The van der Waals surface area contributed by atoms with E-state index in [1.807, 2.05) is 30.3 Å². The molecule has 4 aromatic rings. The Hall–Kier alpha value is -3.78. The van der Waals surface area contributed by atoms with E-state index in [0.29, 0.717) is 34.1 Å². The van der Waals surface area contributed by atoms with Crippen LogP contribution in [0.4, 0.5) is 32.1 Å². The van der Waals surface area contributed by atoms with Crippen LogP contribution in [0.1, 0.15) is 5.69 Å². The highest BCUT2D eigenvalue weighted by atomic mass is 35.5. The van der Waals surface area contributed by atoms with Gasteiger partial charge >= 0.3 is 6.03 Å². The van der Waals surface area contributed by atoms with Gasteiger partial charge in [0.2, 0.25) is 0 Å². The molecule has 0 bridgehead atoms. The molecule has 30 heavy (non-hydrogen) atoms. The molecule has 0 saturated heterocycles. The lowest BCUT2D eigenvalue weighted by Gasteiger charge is -2.11. The number of rotatable bonds is 4. The fourth-order valence-corrected chi connectivity index (χ4v) is 2.93. The summed E-state index contributed by atoms with van der Waals surface area (Å²) < 4.78 is 13.2. The molecule has 9 heteroatoms. The lowest BCUT2D eigenvalue weighted by Crippen LogP contribution is -2.20. The second-order valence-electron chi connectivity index (χ2n) is 6.42. The molecule has 0 fully saturated rings. The second-order valence-corrected chi connectivity index (χ2v) is 6.83. The highest BCUT2D eigenvalue weighted by Crippen LogP contribution is 2.22. The molecule has 0 aliphatic carbocycles. The van der Waals surface area contributed by atoms with Crippen molar-refractivity contribution >= 4 is 51.7 Å². The van der Waals surface area contributed by atoms with Gasteiger partial charge in [0.1, 0.15) is 11.3 Å². The maximum atomic E-state index is 13.2. The Bertz CT molecular complexity index is 1240. The first kappa shape index (κ1) is 19.5. The molecule has 0 spiro atoms. The van der Waals surface area contributed by atoms with Crippen molar-refractivity contribution in [1.29, 1.82) is 0 Å². The van der Waals surface area contributed by atoms with Crippen LogP contribution >= 0.6 is 11.6 Å². The number of pyridine rings is 1. The number of hydrogen-bond donors (Lipinski definition) is 3. The molecule has 150 valence electrons. The van der Waals surface area contributed by atoms with Gasteiger partial charge in [0, 0.05) is 11.4 Å². The molecule has 0 unspecified atom stereocenters. The highest BCUT2D eigenvalue weighted by Gasteiger charge is 2.11. The van der Waals surface area contributed by atoms with Crippen molar-refractivity contribution < 1.29 is 9.18 Å². The molecule has 3 N–H and O–H groups in total. The average Bonchev–Trinajstić information content (AvgIpc) is 2.72. The van der Waals surface area contributed by atoms with Crippen LogP contribution in [0, 0.1) is 12.7 Å². The molecule has 0 atom stereocenters. The van der Waals surface area contributed by atoms with Crippen LogP contribution in [0.3, 0.4) is 0 Å². The number of amides is 2. The molecule has 0 saturated carbocycles. The number of carbonyl (C=O) groups is 1. The summed E-state index contributed by atoms with van der Waals surface area (Å²) >= 11 is 5.73. The number of fused-ring (bicyclic) bond motifs is 1. The van der Waals surface area contributed by atoms with Crippen molar-refractivity contribution in [3.8, 4) is 0 Å². The average molecular weight is 423 g/mol. The molecular formula is C21H16ClFN6O. The number of benzene rings is 2. The number of nitrogens with one attached hydrogen (secondary N) is 3. The van der Waals surface area contributed by atoms with Gasteiger partial charge in [-0.05, 0) is 43.3 Å². The van der Waals surface area contributed by atoms with Gasteiger partial charge < -0.3 is 16.0 Å². The number of aromatic nitrogens is 3. The predicted molar refractivity (Wildman–Crippen MR) is 116 cm³/mol. The van der Waals surface area contributed by atoms with Gasteiger partial charge in [0.15, 0.2) is 11.5 Å². The van der Waals surface area contributed by atoms with Gasteiger partial charge in [-0.15, -0.1) is 0 Å². The quantitative estimate of drug-likeness (QED) is 0.403. The van der Waals surface area contributed by atoms with Gasteiger partial charge in [0.25, 0.3) is 0 Å². The molecule has 0 aliphatic rings. The van der Waals surface area contributed by atoms with Crippen molar-refractivity contribution in [2.45, 2.75) is 6.92 Å². The van der Waals surface area contributed by atoms with Gasteiger partial charge in [-0.2, -0.15) is 0 Å². The van der Waals surface area contributed by atoms with Gasteiger partial charge in [-0.25, -0.2) is 24.1 Å². The number of halogens is 2. The Balaban J connectivity index is 1.51. The van der Waals surface area contributed by atoms with Gasteiger partial charge in [-0.3, -0.25) is 0 Å². The molecule has 2 heterocycles. The van der Waals surface area contributed by atoms with E-state index in [1.165, 1.54) is 18.2 Å². The van der Waals surface area contributed by atoms with E-state index in [2.05, 4.69) is 30.9 Å². The molecule has 2 aromatic carbocycles. The smallest absolute Gasteiger partial charge is 0.323 e. The molecule has 0 radical (unpaired) electrons. The minimum atomic E-state index is -0.558. The van der Waals surface area contributed by atoms with E-state index in [4.69, 9.17) is 11.6 Å². The van der Waals surface area contributed by atoms with E-state index in [0.717, 1.165) is 5.69 Å². The van der Waals surface area contributed by atoms with E-state index in [9.17, 15) is 9.18 Å². The lowest BCUT2D eigenvalue weighted by atomic mass is 10.3. The first-order valence-corrected chi connectivity index (χ1v) is 9.35. The minimum absolute atomic E-state index is 0.0773. The summed E-state index contributed by atoms with van der Waals surface area (Å²) in [5.74, 6) is 0.00383. The SMILES string of the molecule is Cc1nc2nc(Nc3ccccc3)cnc2cc1NC(=O)Nc1ccc(F)c(Cl)c1. The molecule has 4 rings (SSSR count). The normalized spacial score (nSPS) is 10.6. The number of urea groups is 1. The lowest BCUT2D eigenvalue weighted by molar-refractivity contribution is 0.262. The number of hydrogen-bond acceptors (Lipinski definition) is 5. The van der Waals surface area contributed by atoms with Crippen LogP contribution in [0.25, 0.3) is 11.2 Å². The first-order valence-electron chi connectivity index (χ1n) is 8.97. The largest absolute Gasteiger partial charge is 0.339 e. The first-order chi connectivity index (χ1) is 14.5. The third-order valence-electron chi connectivity index (χ3n) is 4.20. The monoisotopic (exact) mass is 422 g/mol. The molecule has 0 aliphatic heterocycles. The Morgan fingerprint density at radius 3 is 2.57 bits per heavy atom. The van der Waals surface area contributed by atoms with Gasteiger partial charge in [-0.1, -0.05) is 29.8 Å². The molecular weight excluding hydrogens is 407 g/mol. The summed E-state index contributed by atoms with van der Waals surface area (Å²) in [4.78, 5) is 25.6. The Morgan fingerprint density at radius 2 is 1.80 bits per heavy atom. The second kappa shape index (κ2) is 8.30. The summed E-state index contributed by atoms with van der Waals surface area (Å²) in [7, 11) is 0. The van der Waals surface area contributed by atoms with E-state index >= 15 is 0 Å². The Labute approximate surface area is 176 Å². The zero-order chi connectivity index (χ0) is 21.1. The van der Waals surface area contributed by atoms with Crippen LogP contribution in [0.5, 0.6) is 0 Å². The van der Waals surface area contributed by atoms with Crippen LogP contribution in [-0.4, -0.2) is 21.0 Å². The maximum Gasteiger partial charge on any atom is 0.323 e. The molecule has 2 aromatic heterocycles. The third-order valence-corrected chi connectivity index (χ3v) is 4.49. The Kier molecular flexibility index (Phi) is 5.40. The van der Waals surface area contributed by atoms with Crippen LogP contribution in [-0.2, 0) is 0 Å². The zero-order valence-corrected chi connectivity index (χ0v) is 16.5.